The topological polar surface area (TPSA) is 65.5 Å². The van der Waals surface area contributed by atoms with Crippen LogP contribution in [0.1, 0.15) is 5.56 Å². The Morgan fingerprint density at radius 2 is 2.00 bits per heavy atom. The monoisotopic (exact) mass is 214 g/mol. The zero-order valence-corrected chi connectivity index (χ0v) is 8.42. The van der Waals surface area contributed by atoms with Gasteiger partial charge in [0.15, 0.2) is 0 Å². The molecule has 4 heteroatoms. The molecule has 0 bridgehead atoms. The molecule has 4 nitrogen and oxygen atoms in total. The minimum Gasteiger partial charge on any atom is -0.507 e. The van der Waals surface area contributed by atoms with Gasteiger partial charge < -0.3 is 10.1 Å². The average Bonchev–Trinajstić information content (AvgIpc) is 2.30. The minimum absolute atomic E-state index is 0.138. The van der Waals surface area contributed by atoms with Crippen LogP contribution in [0.4, 0.5) is 5.69 Å². The van der Waals surface area contributed by atoms with Crippen LogP contribution in [-0.2, 0) is 0 Å². The summed E-state index contributed by atoms with van der Waals surface area (Å²) in [7, 11) is 0. The van der Waals surface area contributed by atoms with Crippen molar-refractivity contribution in [3.05, 3.63) is 58.5 Å². The smallest absolute Gasteiger partial charge is 0.273 e. The number of aliphatic imine (C=N–C) groups is 1. The standard InChI is InChI=1S/C12H10N2O2/c15-11-6-2-1-4-9(11)8-14-10-5-3-7-13-12(10)16/h1-8,15H,(H,13,16). The van der Waals surface area contributed by atoms with Crippen molar-refractivity contribution in [1.82, 2.24) is 4.98 Å². The Morgan fingerprint density at radius 1 is 1.19 bits per heavy atom. The number of hydrogen-bond donors (Lipinski definition) is 2. The van der Waals surface area contributed by atoms with E-state index in [0.29, 0.717) is 11.3 Å². The first-order valence-corrected chi connectivity index (χ1v) is 4.77. The maximum Gasteiger partial charge on any atom is 0.273 e. The number of aromatic amines is 1. The number of rotatable bonds is 2. The van der Waals surface area contributed by atoms with Gasteiger partial charge in [0.05, 0.1) is 0 Å². The van der Waals surface area contributed by atoms with Crippen molar-refractivity contribution in [2.75, 3.05) is 0 Å². The van der Waals surface area contributed by atoms with E-state index < -0.39 is 0 Å². The first kappa shape index (κ1) is 10.2. The van der Waals surface area contributed by atoms with E-state index in [4.69, 9.17) is 0 Å². The molecule has 2 N–H and O–H groups in total. The molecule has 1 aromatic heterocycles. The third kappa shape index (κ3) is 2.17. The lowest BCUT2D eigenvalue weighted by molar-refractivity contribution is 0.474. The van der Waals surface area contributed by atoms with E-state index >= 15 is 0 Å². The molecule has 0 amide bonds. The number of para-hydroxylation sites is 1. The van der Waals surface area contributed by atoms with Crippen molar-refractivity contribution < 1.29 is 5.11 Å². The number of nitrogens with one attached hydrogen (secondary N) is 1. The zero-order chi connectivity index (χ0) is 11.4. The van der Waals surface area contributed by atoms with Gasteiger partial charge in [-0.15, -0.1) is 0 Å². The van der Waals surface area contributed by atoms with Gasteiger partial charge in [-0.3, -0.25) is 9.79 Å². The molecule has 80 valence electrons. The summed E-state index contributed by atoms with van der Waals surface area (Å²) in [4.78, 5) is 17.8. The third-order valence-corrected chi connectivity index (χ3v) is 2.08. The number of phenolic OH excluding ortho intramolecular Hbond substituents is 1. The number of aromatic hydroxyl groups is 1. The molecule has 1 heterocycles. The second-order valence-corrected chi connectivity index (χ2v) is 3.20. The second kappa shape index (κ2) is 4.44. The number of benzene rings is 1. The van der Waals surface area contributed by atoms with Crippen LogP contribution in [0.25, 0.3) is 0 Å². The van der Waals surface area contributed by atoms with Gasteiger partial charge in [0.2, 0.25) is 0 Å². The van der Waals surface area contributed by atoms with Crippen LogP contribution in [0, 0.1) is 0 Å². The van der Waals surface area contributed by atoms with Gasteiger partial charge in [0, 0.05) is 18.0 Å². The van der Waals surface area contributed by atoms with E-state index in [1.807, 2.05) is 0 Å². The molecule has 0 aliphatic carbocycles. The summed E-state index contributed by atoms with van der Waals surface area (Å²) in [6.07, 6.45) is 3.00. The van der Waals surface area contributed by atoms with Crippen molar-refractivity contribution in [1.29, 1.82) is 0 Å². The number of aromatic nitrogens is 1. The summed E-state index contributed by atoms with van der Waals surface area (Å²) >= 11 is 0. The Kier molecular flexibility index (Phi) is 2.82. The van der Waals surface area contributed by atoms with Crippen LogP contribution in [0.5, 0.6) is 5.75 Å². The molecule has 16 heavy (non-hydrogen) atoms. The quantitative estimate of drug-likeness (QED) is 0.749. The summed E-state index contributed by atoms with van der Waals surface area (Å²) in [6, 6.07) is 10.1. The Labute approximate surface area is 91.9 Å². The second-order valence-electron chi connectivity index (χ2n) is 3.20. The minimum atomic E-state index is -0.255. The molecule has 0 aliphatic heterocycles. The summed E-state index contributed by atoms with van der Waals surface area (Å²) in [5.74, 6) is 0.138. The molecular formula is C12H10N2O2. The van der Waals surface area contributed by atoms with Crippen molar-refractivity contribution >= 4 is 11.9 Å². The first-order chi connectivity index (χ1) is 7.77. The number of hydrogen-bond acceptors (Lipinski definition) is 3. The maximum atomic E-state index is 11.3. The zero-order valence-electron chi connectivity index (χ0n) is 8.42. The number of phenols is 1. The van der Waals surface area contributed by atoms with Crippen molar-refractivity contribution in [3.8, 4) is 5.75 Å². The Balaban J connectivity index is 2.32. The Hall–Kier alpha value is -2.36. The van der Waals surface area contributed by atoms with Crippen molar-refractivity contribution in [3.63, 3.8) is 0 Å². The number of H-pyrrole nitrogens is 1. The normalized spacial score (nSPS) is 10.8. The fraction of sp³-hybridized carbons (Fsp3) is 0. The van der Waals surface area contributed by atoms with Gasteiger partial charge in [-0.2, -0.15) is 0 Å². The lowest BCUT2D eigenvalue weighted by atomic mass is 10.2. The van der Waals surface area contributed by atoms with Gasteiger partial charge in [-0.25, -0.2) is 0 Å². The van der Waals surface area contributed by atoms with Gasteiger partial charge in [0.1, 0.15) is 11.4 Å². The van der Waals surface area contributed by atoms with E-state index in [0.717, 1.165) is 0 Å². The molecule has 2 aromatic rings. The first-order valence-electron chi connectivity index (χ1n) is 4.77. The predicted molar refractivity (Wildman–Crippen MR) is 62.4 cm³/mol. The van der Waals surface area contributed by atoms with Gasteiger partial charge in [0.25, 0.3) is 5.56 Å². The summed E-state index contributed by atoms with van der Waals surface area (Å²) in [6.45, 7) is 0. The summed E-state index contributed by atoms with van der Waals surface area (Å²) in [5, 5.41) is 9.48. The molecule has 0 saturated carbocycles. The van der Waals surface area contributed by atoms with E-state index in [2.05, 4.69) is 9.98 Å². The van der Waals surface area contributed by atoms with Gasteiger partial charge >= 0.3 is 0 Å². The van der Waals surface area contributed by atoms with Crippen LogP contribution >= 0.6 is 0 Å². The highest BCUT2D eigenvalue weighted by Crippen LogP contribution is 2.13. The Morgan fingerprint density at radius 3 is 2.75 bits per heavy atom. The molecule has 0 unspecified atom stereocenters. The molecule has 0 radical (unpaired) electrons. The highest BCUT2D eigenvalue weighted by atomic mass is 16.3. The van der Waals surface area contributed by atoms with Crippen molar-refractivity contribution in [2.45, 2.75) is 0 Å². The predicted octanol–water partition coefficient (Wildman–Crippen LogP) is 1.83. The maximum absolute atomic E-state index is 11.3. The molecule has 2 rings (SSSR count). The number of pyridine rings is 1. The van der Waals surface area contributed by atoms with E-state index in [1.165, 1.54) is 6.21 Å². The molecule has 0 aliphatic rings. The molecule has 0 saturated heterocycles. The van der Waals surface area contributed by atoms with Crippen molar-refractivity contribution in [2.24, 2.45) is 4.99 Å². The van der Waals surface area contributed by atoms with E-state index in [1.54, 1.807) is 42.6 Å². The number of nitrogens with zero attached hydrogens (tertiary/aromatic N) is 1. The van der Waals surface area contributed by atoms with E-state index in [-0.39, 0.29) is 11.3 Å². The van der Waals surface area contributed by atoms with Crippen LogP contribution < -0.4 is 5.56 Å². The van der Waals surface area contributed by atoms with Gasteiger partial charge in [-0.05, 0) is 24.3 Å². The highest BCUT2D eigenvalue weighted by molar-refractivity contribution is 5.85. The van der Waals surface area contributed by atoms with E-state index in [9.17, 15) is 9.90 Å². The molecule has 0 spiro atoms. The largest absolute Gasteiger partial charge is 0.507 e. The lowest BCUT2D eigenvalue weighted by Crippen LogP contribution is -2.02. The molecule has 0 fully saturated rings. The van der Waals surface area contributed by atoms with Gasteiger partial charge in [-0.1, -0.05) is 12.1 Å². The lowest BCUT2D eigenvalue weighted by Gasteiger charge is -1.96. The third-order valence-electron chi connectivity index (χ3n) is 2.08. The Bertz CT molecular complexity index is 573. The summed E-state index contributed by atoms with van der Waals surface area (Å²) < 4.78 is 0. The molecule has 1 aromatic carbocycles. The average molecular weight is 214 g/mol. The SMILES string of the molecule is O=c1[nH]cccc1N=Cc1ccccc1O. The molecular weight excluding hydrogens is 204 g/mol. The van der Waals surface area contributed by atoms with Crippen LogP contribution in [-0.4, -0.2) is 16.3 Å². The highest BCUT2D eigenvalue weighted by Gasteiger charge is 1.96. The van der Waals surface area contributed by atoms with Crippen LogP contribution in [0.3, 0.4) is 0 Å². The molecule has 0 atom stereocenters. The van der Waals surface area contributed by atoms with Crippen LogP contribution in [0.2, 0.25) is 0 Å². The fourth-order valence-electron chi connectivity index (χ4n) is 1.25. The van der Waals surface area contributed by atoms with Crippen LogP contribution in [0.15, 0.2) is 52.4 Å². The summed E-state index contributed by atoms with van der Waals surface area (Å²) in [5.41, 5.74) is 0.630. The fourth-order valence-corrected chi connectivity index (χ4v) is 1.25.